The van der Waals surface area contributed by atoms with Gasteiger partial charge in [0.2, 0.25) is 5.91 Å². The Hall–Kier alpha value is -2.86. The zero-order chi connectivity index (χ0) is 19.1. The van der Waals surface area contributed by atoms with Gasteiger partial charge in [-0.2, -0.15) is 0 Å². The van der Waals surface area contributed by atoms with Crippen molar-refractivity contribution in [3.8, 4) is 0 Å². The lowest BCUT2D eigenvalue weighted by Crippen LogP contribution is -2.38. The van der Waals surface area contributed by atoms with Crippen LogP contribution in [0.4, 0.5) is 5.69 Å². The van der Waals surface area contributed by atoms with Crippen LogP contribution in [-0.2, 0) is 9.53 Å². The van der Waals surface area contributed by atoms with E-state index in [1.807, 2.05) is 0 Å². The van der Waals surface area contributed by atoms with Crippen LogP contribution in [0.5, 0.6) is 0 Å². The van der Waals surface area contributed by atoms with Crippen LogP contribution in [0, 0.1) is 0 Å². The number of amides is 2. The highest BCUT2D eigenvalue weighted by Gasteiger charge is 2.19. The number of anilines is 1. The van der Waals surface area contributed by atoms with Crippen molar-refractivity contribution in [3.63, 3.8) is 0 Å². The summed E-state index contributed by atoms with van der Waals surface area (Å²) in [5.41, 5.74) is 1.19. The van der Waals surface area contributed by atoms with Gasteiger partial charge in [-0.25, -0.2) is 4.79 Å². The van der Waals surface area contributed by atoms with Crippen LogP contribution in [0.1, 0.15) is 27.6 Å². The molecule has 0 spiro atoms. The van der Waals surface area contributed by atoms with Crippen molar-refractivity contribution < 1.29 is 19.1 Å². The molecule has 0 bridgehead atoms. The van der Waals surface area contributed by atoms with Crippen molar-refractivity contribution in [1.29, 1.82) is 0 Å². The Morgan fingerprint density at radius 3 is 2.35 bits per heavy atom. The molecular weight excluding hydrogens is 356 g/mol. The van der Waals surface area contributed by atoms with E-state index in [9.17, 15) is 14.4 Å². The monoisotopic (exact) mass is 374 g/mol. The molecule has 7 heteroatoms. The van der Waals surface area contributed by atoms with Crippen LogP contribution in [-0.4, -0.2) is 38.0 Å². The van der Waals surface area contributed by atoms with Gasteiger partial charge in [-0.15, -0.1) is 0 Å². The normalized spacial score (nSPS) is 10.1. The highest BCUT2D eigenvalue weighted by molar-refractivity contribution is 6.30. The van der Waals surface area contributed by atoms with Crippen LogP contribution >= 0.6 is 11.6 Å². The maximum absolute atomic E-state index is 12.1. The number of nitrogens with zero attached hydrogens (tertiary/aromatic N) is 1. The molecule has 136 valence electrons. The number of hydrogen-bond acceptors (Lipinski definition) is 4. The molecule has 0 saturated carbocycles. The first-order chi connectivity index (χ1) is 12.4. The van der Waals surface area contributed by atoms with Crippen LogP contribution in [0.15, 0.2) is 48.5 Å². The fraction of sp³-hybridized carbons (Fsp3) is 0.211. The maximum Gasteiger partial charge on any atom is 0.339 e. The van der Waals surface area contributed by atoms with E-state index in [-0.39, 0.29) is 30.5 Å². The largest absolute Gasteiger partial charge is 0.465 e. The van der Waals surface area contributed by atoms with E-state index in [0.717, 1.165) is 0 Å². The molecule has 0 saturated heterocycles. The van der Waals surface area contributed by atoms with Crippen LogP contribution in [0.2, 0.25) is 5.02 Å². The number of esters is 1. The predicted octanol–water partition coefficient (Wildman–Crippen LogP) is 2.91. The summed E-state index contributed by atoms with van der Waals surface area (Å²) in [5, 5.41) is 3.29. The first-order valence-electron chi connectivity index (χ1n) is 7.93. The van der Waals surface area contributed by atoms with Gasteiger partial charge in [0.15, 0.2) is 0 Å². The Morgan fingerprint density at radius 2 is 1.73 bits per heavy atom. The first-order valence-corrected chi connectivity index (χ1v) is 8.31. The summed E-state index contributed by atoms with van der Waals surface area (Å²) in [6.07, 6.45) is 0. The molecule has 6 nitrogen and oxygen atoms in total. The first kappa shape index (κ1) is 19.5. The van der Waals surface area contributed by atoms with Gasteiger partial charge in [-0.3, -0.25) is 9.59 Å². The second-order valence-corrected chi connectivity index (χ2v) is 5.88. The maximum atomic E-state index is 12.1. The molecule has 0 radical (unpaired) electrons. The van der Waals surface area contributed by atoms with Crippen molar-refractivity contribution in [3.05, 3.63) is 64.7 Å². The molecule has 26 heavy (non-hydrogen) atoms. The minimum absolute atomic E-state index is 0.211. The van der Waals surface area contributed by atoms with Crippen molar-refractivity contribution in [2.24, 2.45) is 0 Å². The van der Waals surface area contributed by atoms with Gasteiger partial charge in [0, 0.05) is 30.6 Å². The summed E-state index contributed by atoms with van der Waals surface area (Å²) in [6, 6.07) is 13.2. The highest BCUT2D eigenvalue weighted by Crippen LogP contribution is 2.21. The zero-order valence-corrected chi connectivity index (χ0v) is 15.2. The number of carbonyl (C=O) groups excluding carboxylic acids is 3. The molecular formula is C19H19ClN2O4. The molecule has 0 aromatic heterocycles. The quantitative estimate of drug-likeness (QED) is 0.789. The van der Waals surface area contributed by atoms with E-state index in [4.69, 9.17) is 16.3 Å². The predicted molar refractivity (Wildman–Crippen MR) is 99.6 cm³/mol. The van der Waals surface area contributed by atoms with E-state index < -0.39 is 5.97 Å². The third-order valence-corrected chi connectivity index (χ3v) is 3.96. The Labute approximate surface area is 156 Å². The number of para-hydroxylation sites is 1. The number of ether oxygens (including phenoxy) is 1. The number of methoxy groups -OCH3 is 1. The minimum atomic E-state index is -0.531. The number of nitrogens with one attached hydrogen (secondary N) is 1. The molecule has 2 amide bonds. The van der Waals surface area contributed by atoms with Gasteiger partial charge in [0.25, 0.3) is 5.91 Å². The molecule has 0 heterocycles. The standard InChI is InChI=1S/C19H19ClN2O4/c1-13(23)22(17-6-4-3-5-16(17)19(25)26-2)12-11-21-18(24)14-7-9-15(20)10-8-14/h3-10H,11-12H2,1-2H3,(H,21,24). The van der Waals surface area contributed by atoms with Crippen LogP contribution in [0.3, 0.4) is 0 Å². The molecule has 2 aromatic carbocycles. The average Bonchev–Trinajstić information content (AvgIpc) is 2.64. The summed E-state index contributed by atoms with van der Waals surface area (Å²) in [5.74, 6) is -1.05. The van der Waals surface area contributed by atoms with Gasteiger partial charge in [0.05, 0.1) is 18.4 Å². The highest BCUT2D eigenvalue weighted by atomic mass is 35.5. The summed E-state index contributed by atoms with van der Waals surface area (Å²) >= 11 is 5.80. The van der Waals surface area contributed by atoms with Crippen molar-refractivity contribution >= 4 is 35.1 Å². The summed E-state index contributed by atoms with van der Waals surface area (Å²) in [7, 11) is 1.28. The molecule has 1 N–H and O–H groups in total. The zero-order valence-electron chi connectivity index (χ0n) is 14.5. The third-order valence-electron chi connectivity index (χ3n) is 3.71. The molecule has 0 aliphatic carbocycles. The minimum Gasteiger partial charge on any atom is -0.465 e. The van der Waals surface area contributed by atoms with Crippen molar-refractivity contribution in [2.75, 3.05) is 25.1 Å². The lowest BCUT2D eigenvalue weighted by molar-refractivity contribution is -0.116. The lowest BCUT2D eigenvalue weighted by atomic mass is 10.1. The van der Waals surface area contributed by atoms with E-state index in [1.54, 1.807) is 48.5 Å². The molecule has 0 aliphatic rings. The number of carbonyl (C=O) groups is 3. The molecule has 2 rings (SSSR count). The molecule has 0 atom stereocenters. The topological polar surface area (TPSA) is 75.7 Å². The lowest BCUT2D eigenvalue weighted by Gasteiger charge is -2.23. The van der Waals surface area contributed by atoms with E-state index >= 15 is 0 Å². The summed E-state index contributed by atoms with van der Waals surface area (Å²) < 4.78 is 4.76. The summed E-state index contributed by atoms with van der Waals surface area (Å²) in [6.45, 7) is 1.83. The summed E-state index contributed by atoms with van der Waals surface area (Å²) in [4.78, 5) is 37.5. The number of benzene rings is 2. The Balaban J connectivity index is 2.08. The van der Waals surface area contributed by atoms with Gasteiger partial charge < -0.3 is 15.0 Å². The van der Waals surface area contributed by atoms with Gasteiger partial charge >= 0.3 is 5.97 Å². The van der Waals surface area contributed by atoms with E-state index in [0.29, 0.717) is 16.3 Å². The van der Waals surface area contributed by atoms with E-state index in [1.165, 1.54) is 18.9 Å². The average molecular weight is 375 g/mol. The molecule has 0 fully saturated rings. The Kier molecular flexibility index (Phi) is 6.74. The SMILES string of the molecule is COC(=O)c1ccccc1N(CCNC(=O)c1ccc(Cl)cc1)C(C)=O. The number of halogens is 1. The molecule has 0 unspecified atom stereocenters. The van der Waals surface area contributed by atoms with Crippen molar-refractivity contribution in [2.45, 2.75) is 6.92 Å². The smallest absolute Gasteiger partial charge is 0.339 e. The fourth-order valence-corrected chi connectivity index (χ4v) is 2.55. The molecule has 2 aromatic rings. The number of rotatable bonds is 6. The van der Waals surface area contributed by atoms with Gasteiger partial charge in [-0.05, 0) is 36.4 Å². The second-order valence-electron chi connectivity index (χ2n) is 5.44. The Morgan fingerprint density at radius 1 is 1.08 bits per heavy atom. The third kappa shape index (κ3) is 4.83. The molecule has 0 aliphatic heterocycles. The van der Waals surface area contributed by atoms with Crippen LogP contribution in [0.25, 0.3) is 0 Å². The second kappa shape index (κ2) is 9.01. The fourth-order valence-electron chi connectivity index (χ4n) is 2.42. The number of hydrogen-bond donors (Lipinski definition) is 1. The van der Waals surface area contributed by atoms with Crippen molar-refractivity contribution in [1.82, 2.24) is 5.32 Å². The van der Waals surface area contributed by atoms with Crippen LogP contribution < -0.4 is 10.2 Å². The van der Waals surface area contributed by atoms with E-state index in [2.05, 4.69) is 5.32 Å². The van der Waals surface area contributed by atoms with Gasteiger partial charge in [-0.1, -0.05) is 23.7 Å². The Bertz CT molecular complexity index is 805. The van der Waals surface area contributed by atoms with Gasteiger partial charge in [0.1, 0.15) is 0 Å².